The van der Waals surface area contributed by atoms with Crippen molar-refractivity contribution in [2.24, 2.45) is 17.6 Å². The second-order valence-electron chi connectivity index (χ2n) is 4.98. The molecule has 1 fully saturated rings. The maximum absolute atomic E-state index is 11.8. The maximum atomic E-state index is 11.8. The summed E-state index contributed by atoms with van der Waals surface area (Å²) in [6.45, 7) is 3.02. The molecule has 0 spiro atoms. The summed E-state index contributed by atoms with van der Waals surface area (Å²) in [5, 5.41) is 11.7. The Kier molecular flexibility index (Phi) is 5.59. The summed E-state index contributed by atoms with van der Waals surface area (Å²) in [6.07, 6.45) is 1.64. The van der Waals surface area contributed by atoms with E-state index >= 15 is 0 Å². The number of carbonyl (C=O) groups excluding carboxylic acids is 2. The molecular weight excluding hydrogens is 250 g/mol. The lowest BCUT2D eigenvalue weighted by molar-refractivity contribution is -0.142. The third-order valence-corrected chi connectivity index (χ3v) is 3.34. The number of aliphatic carboxylic acids is 1. The number of carbonyl (C=O) groups is 3. The summed E-state index contributed by atoms with van der Waals surface area (Å²) < 4.78 is 0. The van der Waals surface area contributed by atoms with Crippen LogP contribution in [0.2, 0.25) is 0 Å². The second-order valence-corrected chi connectivity index (χ2v) is 4.98. The molecule has 0 aromatic heterocycles. The molecule has 19 heavy (non-hydrogen) atoms. The van der Waals surface area contributed by atoms with Crippen LogP contribution in [-0.2, 0) is 9.59 Å². The van der Waals surface area contributed by atoms with Crippen LogP contribution in [0.3, 0.4) is 0 Å². The smallest absolute Gasteiger partial charge is 0.317 e. The highest BCUT2D eigenvalue weighted by Gasteiger charge is 2.36. The first kappa shape index (κ1) is 15.3. The number of amides is 3. The van der Waals surface area contributed by atoms with Gasteiger partial charge < -0.3 is 21.1 Å². The predicted octanol–water partition coefficient (Wildman–Crippen LogP) is 0.00410. The molecule has 0 aromatic rings. The van der Waals surface area contributed by atoms with Crippen molar-refractivity contribution in [3.8, 4) is 0 Å². The van der Waals surface area contributed by atoms with E-state index in [2.05, 4.69) is 5.32 Å². The zero-order chi connectivity index (χ0) is 14.4. The van der Waals surface area contributed by atoms with Gasteiger partial charge in [-0.1, -0.05) is 6.92 Å². The molecule has 1 heterocycles. The van der Waals surface area contributed by atoms with Crippen molar-refractivity contribution in [2.75, 3.05) is 19.6 Å². The number of likely N-dealkylation sites (tertiary alicyclic amines) is 1. The van der Waals surface area contributed by atoms with Gasteiger partial charge >= 0.3 is 12.0 Å². The lowest BCUT2D eigenvalue weighted by Crippen LogP contribution is -2.39. The van der Waals surface area contributed by atoms with Gasteiger partial charge in [-0.2, -0.15) is 0 Å². The molecule has 3 amide bonds. The van der Waals surface area contributed by atoms with Gasteiger partial charge in [0.15, 0.2) is 0 Å². The Labute approximate surface area is 112 Å². The van der Waals surface area contributed by atoms with E-state index in [1.165, 1.54) is 4.90 Å². The fourth-order valence-electron chi connectivity index (χ4n) is 2.19. The number of nitrogens with zero attached hydrogens (tertiary/aromatic N) is 1. The van der Waals surface area contributed by atoms with Crippen LogP contribution in [0, 0.1) is 11.8 Å². The van der Waals surface area contributed by atoms with Crippen molar-refractivity contribution >= 4 is 17.9 Å². The van der Waals surface area contributed by atoms with Crippen molar-refractivity contribution in [1.82, 2.24) is 10.2 Å². The lowest BCUT2D eigenvalue weighted by atomic mass is 9.99. The molecule has 0 aliphatic carbocycles. The second kappa shape index (κ2) is 6.96. The molecule has 108 valence electrons. The number of hydrogen-bond donors (Lipinski definition) is 3. The summed E-state index contributed by atoms with van der Waals surface area (Å²) in [4.78, 5) is 34.8. The topological polar surface area (TPSA) is 113 Å². The van der Waals surface area contributed by atoms with Crippen LogP contribution in [-0.4, -0.2) is 47.5 Å². The predicted molar refractivity (Wildman–Crippen MR) is 68.3 cm³/mol. The van der Waals surface area contributed by atoms with Gasteiger partial charge in [0, 0.05) is 26.1 Å². The van der Waals surface area contributed by atoms with Crippen LogP contribution in [0.25, 0.3) is 0 Å². The Balaban J connectivity index is 2.24. The van der Waals surface area contributed by atoms with Gasteiger partial charge in [-0.05, 0) is 18.8 Å². The maximum Gasteiger partial charge on any atom is 0.317 e. The van der Waals surface area contributed by atoms with Crippen molar-refractivity contribution in [1.29, 1.82) is 0 Å². The fourth-order valence-corrected chi connectivity index (χ4v) is 2.19. The fraction of sp³-hybridized carbons (Fsp3) is 0.750. The molecule has 0 aromatic carbocycles. The first-order chi connectivity index (χ1) is 8.91. The molecule has 4 N–H and O–H groups in total. The number of hydrogen-bond acceptors (Lipinski definition) is 3. The van der Waals surface area contributed by atoms with E-state index in [9.17, 15) is 14.4 Å². The standard InChI is InChI=1S/C12H21N3O4/c1-8-6-15(7-9(8)11(17)18)12(19)14-5-3-2-4-10(13)16/h8-9H,2-7H2,1H3,(H2,13,16)(H,14,19)(H,17,18). The third-order valence-electron chi connectivity index (χ3n) is 3.34. The highest BCUT2D eigenvalue weighted by atomic mass is 16.4. The Bertz CT molecular complexity index is 359. The number of carboxylic acid groups (broad SMARTS) is 1. The van der Waals surface area contributed by atoms with Crippen LogP contribution in [0.5, 0.6) is 0 Å². The first-order valence-corrected chi connectivity index (χ1v) is 6.45. The highest BCUT2D eigenvalue weighted by Crippen LogP contribution is 2.22. The van der Waals surface area contributed by atoms with Crippen LogP contribution in [0.1, 0.15) is 26.2 Å². The first-order valence-electron chi connectivity index (χ1n) is 6.45. The minimum absolute atomic E-state index is 0.0295. The number of urea groups is 1. The Morgan fingerprint density at radius 2 is 2.00 bits per heavy atom. The Morgan fingerprint density at radius 3 is 2.53 bits per heavy atom. The van der Waals surface area contributed by atoms with Crippen LogP contribution in [0.4, 0.5) is 4.79 Å². The summed E-state index contributed by atoms with van der Waals surface area (Å²) in [5.74, 6) is -1.72. The van der Waals surface area contributed by atoms with Crippen LogP contribution in [0.15, 0.2) is 0 Å². The molecule has 0 radical (unpaired) electrons. The monoisotopic (exact) mass is 271 g/mol. The van der Waals surface area contributed by atoms with Crippen LogP contribution >= 0.6 is 0 Å². The van der Waals surface area contributed by atoms with Gasteiger partial charge in [-0.25, -0.2) is 4.79 Å². The van der Waals surface area contributed by atoms with E-state index in [1.807, 2.05) is 6.92 Å². The molecule has 1 aliphatic heterocycles. The van der Waals surface area contributed by atoms with Crippen molar-refractivity contribution < 1.29 is 19.5 Å². The number of primary amides is 1. The van der Waals surface area contributed by atoms with Gasteiger partial charge in [0.25, 0.3) is 0 Å². The van der Waals surface area contributed by atoms with Gasteiger partial charge in [0.05, 0.1) is 5.92 Å². The third kappa shape index (κ3) is 4.76. The largest absolute Gasteiger partial charge is 0.481 e. The zero-order valence-electron chi connectivity index (χ0n) is 11.1. The number of nitrogens with two attached hydrogens (primary N) is 1. The van der Waals surface area contributed by atoms with E-state index in [0.717, 1.165) is 0 Å². The minimum atomic E-state index is -0.857. The summed E-state index contributed by atoms with van der Waals surface area (Å²) in [6, 6.07) is -0.241. The van der Waals surface area contributed by atoms with Gasteiger partial charge in [0.2, 0.25) is 5.91 Å². The lowest BCUT2D eigenvalue weighted by Gasteiger charge is -2.16. The zero-order valence-corrected chi connectivity index (χ0v) is 11.1. The number of unbranched alkanes of at least 4 members (excludes halogenated alkanes) is 1. The van der Waals surface area contributed by atoms with Crippen molar-refractivity contribution in [3.05, 3.63) is 0 Å². The van der Waals surface area contributed by atoms with E-state index in [4.69, 9.17) is 10.8 Å². The molecule has 7 nitrogen and oxygen atoms in total. The molecule has 0 saturated carbocycles. The van der Waals surface area contributed by atoms with E-state index in [0.29, 0.717) is 32.4 Å². The minimum Gasteiger partial charge on any atom is -0.481 e. The molecule has 7 heteroatoms. The van der Waals surface area contributed by atoms with E-state index in [-0.39, 0.29) is 24.4 Å². The summed E-state index contributed by atoms with van der Waals surface area (Å²) in [5.41, 5.74) is 5.00. The molecule has 1 rings (SSSR count). The molecular formula is C12H21N3O4. The molecule has 2 unspecified atom stereocenters. The Hall–Kier alpha value is -1.79. The quantitative estimate of drug-likeness (QED) is 0.590. The van der Waals surface area contributed by atoms with Gasteiger partial charge in [-0.15, -0.1) is 0 Å². The molecule has 2 atom stereocenters. The van der Waals surface area contributed by atoms with E-state index in [1.54, 1.807) is 0 Å². The number of rotatable bonds is 6. The average Bonchev–Trinajstić information content (AvgIpc) is 2.70. The van der Waals surface area contributed by atoms with Gasteiger partial charge in [0.1, 0.15) is 0 Å². The van der Waals surface area contributed by atoms with Crippen LogP contribution < -0.4 is 11.1 Å². The summed E-state index contributed by atoms with van der Waals surface area (Å²) in [7, 11) is 0. The number of nitrogens with one attached hydrogen (secondary N) is 1. The average molecular weight is 271 g/mol. The van der Waals surface area contributed by atoms with Gasteiger partial charge in [-0.3, -0.25) is 9.59 Å². The molecule has 1 aliphatic rings. The Morgan fingerprint density at radius 1 is 1.32 bits per heavy atom. The molecule has 0 bridgehead atoms. The normalized spacial score (nSPS) is 22.3. The summed E-state index contributed by atoms with van der Waals surface area (Å²) >= 11 is 0. The SMILES string of the molecule is CC1CN(C(=O)NCCCCC(N)=O)CC1C(=O)O. The van der Waals surface area contributed by atoms with E-state index < -0.39 is 11.9 Å². The molecule has 1 saturated heterocycles. The highest BCUT2D eigenvalue weighted by molar-refractivity contribution is 5.77. The number of carboxylic acids is 1. The van der Waals surface area contributed by atoms with Crippen molar-refractivity contribution in [2.45, 2.75) is 26.2 Å². The van der Waals surface area contributed by atoms with Crippen molar-refractivity contribution in [3.63, 3.8) is 0 Å².